The van der Waals surface area contributed by atoms with Gasteiger partial charge in [-0.1, -0.05) is 48.1 Å². The third kappa shape index (κ3) is 6.22. The first kappa shape index (κ1) is 27.5. The highest BCUT2D eigenvalue weighted by Crippen LogP contribution is 2.46. The second-order valence-electron chi connectivity index (χ2n) is 11.4. The number of nitrogens with one attached hydrogen (secondary N) is 1. The first-order chi connectivity index (χ1) is 15.4. The van der Waals surface area contributed by atoms with Crippen molar-refractivity contribution in [3.8, 4) is 0 Å². The molecule has 10 nitrogen and oxygen atoms in total. The molecule has 0 bridgehead atoms. The molecule has 190 valence electrons. The minimum atomic E-state index is -1.29. The van der Waals surface area contributed by atoms with E-state index in [4.69, 9.17) is 14.6 Å². The number of carboxylic acids is 2. The fourth-order valence-electron chi connectivity index (χ4n) is 4.80. The molecule has 1 amide bonds. The molecule has 10 heteroatoms. The number of aliphatic carboxylic acids is 2. The van der Waals surface area contributed by atoms with Crippen molar-refractivity contribution in [2.24, 2.45) is 34.5 Å². The van der Waals surface area contributed by atoms with Crippen LogP contribution in [0.1, 0.15) is 54.4 Å². The van der Waals surface area contributed by atoms with Crippen molar-refractivity contribution in [2.75, 3.05) is 6.54 Å². The molecule has 6 atom stereocenters. The summed E-state index contributed by atoms with van der Waals surface area (Å²) in [5.74, 6) is -8.77. The molecule has 0 saturated carbocycles. The van der Waals surface area contributed by atoms with Gasteiger partial charge in [0.15, 0.2) is 0 Å². The number of cyclic esters (lactones) is 2. The van der Waals surface area contributed by atoms with Gasteiger partial charge in [-0.2, -0.15) is 0 Å². The molecule has 0 aromatic rings. The molecule has 3 N–H and O–H groups in total. The summed E-state index contributed by atoms with van der Waals surface area (Å²) in [6, 6.07) is 0. The van der Waals surface area contributed by atoms with Gasteiger partial charge < -0.3 is 25.0 Å². The second-order valence-corrected chi connectivity index (χ2v) is 11.4. The summed E-state index contributed by atoms with van der Waals surface area (Å²) in [5.41, 5.74) is -1.26. The monoisotopic (exact) mass is 481 g/mol. The Balaban J connectivity index is 2.45. The van der Waals surface area contributed by atoms with E-state index in [2.05, 4.69) is 11.9 Å². The van der Waals surface area contributed by atoms with E-state index in [9.17, 15) is 29.1 Å². The summed E-state index contributed by atoms with van der Waals surface area (Å²) in [6.45, 7) is 14.1. The first-order valence-corrected chi connectivity index (χ1v) is 11.3. The number of carbonyl (C=O) groups is 5. The van der Waals surface area contributed by atoms with Crippen LogP contribution in [-0.2, 0) is 33.4 Å². The van der Waals surface area contributed by atoms with Gasteiger partial charge in [0, 0.05) is 12.1 Å². The van der Waals surface area contributed by atoms with Crippen LogP contribution in [0.25, 0.3) is 0 Å². The highest BCUT2D eigenvalue weighted by Gasteiger charge is 2.58. The van der Waals surface area contributed by atoms with Crippen LogP contribution in [0.3, 0.4) is 0 Å². The average Bonchev–Trinajstić information content (AvgIpc) is 2.97. The highest BCUT2D eigenvalue weighted by molar-refractivity contribution is 5.97. The number of carbonyl (C=O) groups excluding carboxylic acids is 3. The van der Waals surface area contributed by atoms with E-state index in [1.807, 2.05) is 20.8 Å². The zero-order chi connectivity index (χ0) is 26.2. The second kappa shape index (κ2) is 9.85. The number of hydrogen-bond donors (Lipinski definition) is 3. The molecule has 0 aromatic carbocycles. The smallest absolute Gasteiger partial charge is 0.332 e. The van der Waals surface area contributed by atoms with Crippen LogP contribution in [0.5, 0.6) is 0 Å². The quantitative estimate of drug-likeness (QED) is 0.281. The Morgan fingerprint density at radius 2 is 1.65 bits per heavy atom. The number of hydrogen-bond acceptors (Lipinski definition) is 7. The van der Waals surface area contributed by atoms with E-state index < -0.39 is 71.1 Å². The van der Waals surface area contributed by atoms with Crippen molar-refractivity contribution in [3.05, 3.63) is 12.2 Å². The van der Waals surface area contributed by atoms with E-state index >= 15 is 0 Å². The summed E-state index contributed by atoms with van der Waals surface area (Å²) >= 11 is 0. The molecule has 2 rings (SSSR count). The van der Waals surface area contributed by atoms with Gasteiger partial charge in [-0.25, -0.2) is 4.79 Å². The van der Waals surface area contributed by atoms with Gasteiger partial charge in [0.2, 0.25) is 5.91 Å². The Kier molecular flexibility index (Phi) is 7.97. The van der Waals surface area contributed by atoms with E-state index in [-0.39, 0.29) is 30.4 Å². The highest BCUT2D eigenvalue weighted by atomic mass is 16.6. The van der Waals surface area contributed by atoms with Gasteiger partial charge in [-0.3, -0.25) is 19.2 Å². The van der Waals surface area contributed by atoms with E-state index in [0.717, 1.165) is 0 Å². The number of amides is 1. The Bertz CT molecular complexity index is 880. The van der Waals surface area contributed by atoms with E-state index in [0.29, 0.717) is 0 Å². The van der Waals surface area contributed by atoms with Crippen LogP contribution in [0.2, 0.25) is 0 Å². The zero-order valence-electron chi connectivity index (χ0n) is 20.5. The van der Waals surface area contributed by atoms with Gasteiger partial charge in [0.1, 0.15) is 0 Å². The molecular weight excluding hydrogens is 446 g/mol. The summed E-state index contributed by atoms with van der Waals surface area (Å²) in [4.78, 5) is 61.6. The molecule has 2 fully saturated rings. The molecule has 0 aliphatic carbocycles. The standard InChI is InChI=1S/C24H35NO9/c1-11(19(27)28)10-25-18(26)12-8-13(16-17(24(5,6)7)22(32)34-21(16)31)33-14(9-23(2,3)4)15(12)20(29)30/h12-17H,1,8-10H2,2-7H3,(H,25,26)(H,27,28)(H,29,30). The molecule has 6 unspecified atom stereocenters. The fraction of sp³-hybridized carbons (Fsp3) is 0.708. The van der Waals surface area contributed by atoms with Crippen LogP contribution in [-0.4, -0.2) is 58.8 Å². The van der Waals surface area contributed by atoms with E-state index in [1.54, 1.807) is 20.8 Å². The molecule has 2 saturated heterocycles. The van der Waals surface area contributed by atoms with Gasteiger partial charge in [0.25, 0.3) is 0 Å². The lowest BCUT2D eigenvalue weighted by Crippen LogP contribution is -2.54. The van der Waals surface area contributed by atoms with Crippen molar-refractivity contribution in [1.82, 2.24) is 5.32 Å². The van der Waals surface area contributed by atoms with Gasteiger partial charge in [-0.05, 0) is 23.7 Å². The molecule has 34 heavy (non-hydrogen) atoms. The zero-order valence-corrected chi connectivity index (χ0v) is 20.5. The maximum atomic E-state index is 13.1. The molecule has 0 spiro atoms. The third-order valence-corrected chi connectivity index (χ3v) is 6.30. The third-order valence-electron chi connectivity index (χ3n) is 6.30. The minimum Gasteiger partial charge on any atom is -0.481 e. The number of carboxylic acid groups (broad SMARTS) is 2. The van der Waals surface area contributed by atoms with Crippen molar-refractivity contribution in [3.63, 3.8) is 0 Å². The Morgan fingerprint density at radius 1 is 1.06 bits per heavy atom. The topological polar surface area (TPSA) is 156 Å². The van der Waals surface area contributed by atoms with Crippen LogP contribution in [0.15, 0.2) is 12.2 Å². The summed E-state index contributed by atoms with van der Waals surface area (Å²) in [6.07, 6.45) is -1.70. The lowest BCUT2D eigenvalue weighted by molar-refractivity contribution is -0.184. The van der Waals surface area contributed by atoms with Crippen LogP contribution >= 0.6 is 0 Å². The van der Waals surface area contributed by atoms with Crippen LogP contribution in [0.4, 0.5) is 0 Å². The fourth-order valence-corrected chi connectivity index (χ4v) is 4.80. The largest absolute Gasteiger partial charge is 0.481 e. The van der Waals surface area contributed by atoms with Gasteiger partial charge in [-0.15, -0.1) is 0 Å². The predicted octanol–water partition coefficient (Wildman–Crippen LogP) is 2.02. The summed E-state index contributed by atoms with van der Waals surface area (Å²) < 4.78 is 11.1. The SMILES string of the molecule is C=C(CNC(=O)C1CC(C2C(=O)OC(=O)C2C(C)(C)C)OC(CC(C)(C)C)C1C(=O)O)C(=O)O. The van der Waals surface area contributed by atoms with Crippen LogP contribution in [0, 0.1) is 34.5 Å². The summed E-state index contributed by atoms with van der Waals surface area (Å²) in [5, 5.41) is 21.5. The van der Waals surface area contributed by atoms with Crippen LogP contribution < -0.4 is 5.32 Å². The Morgan fingerprint density at radius 3 is 2.12 bits per heavy atom. The maximum Gasteiger partial charge on any atom is 0.332 e. The number of ether oxygens (including phenoxy) is 2. The van der Waals surface area contributed by atoms with Crippen molar-refractivity contribution in [1.29, 1.82) is 0 Å². The number of rotatable bonds is 7. The Hall–Kier alpha value is -2.75. The first-order valence-electron chi connectivity index (χ1n) is 11.3. The van der Waals surface area contributed by atoms with Gasteiger partial charge in [0.05, 0.1) is 35.9 Å². The molecule has 2 heterocycles. The predicted molar refractivity (Wildman–Crippen MR) is 119 cm³/mol. The lowest BCUT2D eigenvalue weighted by Gasteiger charge is -2.44. The average molecular weight is 482 g/mol. The molecule has 2 aliphatic heterocycles. The lowest BCUT2D eigenvalue weighted by atomic mass is 9.68. The maximum absolute atomic E-state index is 13.1. The molecule has 2 aliphatic rings. The van der Waals surface area contributed by atoms with Crippen molar-refractivity contribution in [2.45, 2.75) is 66.6 Å². The minimum absolute atomic E-state index is 0.136. The van der Waals surface area contributed by atoms with Crippen molar-refractivity contribution >= 4 is 29.8 Å². The van der Waals surface area contributed by atoms with Gasteiger partial charge >= 0.3 is 23.9 Å². The number of esters is 2. The molecule has 0 aromatic heterocycles. The molecular formula is C24H35NO9. The van der Waals surface area contributed by atoms with E-state index in [1.165, 1.54) is 0 Å². The molecule has 0 radical (unpaired) electrons. The summed E-state index contributed by atoms with van der Waals surface area (Å²) in [7, 11) is 0. The Labute approximate surface area is 199 Å². The normalized spacial score (nSPS) is 29.9. The van der Waals surface area contributed by atoms with Crippen molar-refractivity contribution < 1.29 is 43.7 Å².